The molecule has 0 aromatic carbocycles. The highest BCUT2D eigenvalue weighted by Gasteiger charge is 2.10. The molecule has 0 aliphatic rings. The fraction of sp³-hybridized carbons (Fsp3) is 0.750. The first-order valence-corrected chi connectivity index (χ1v) is 6.65. The average Bonchev–Trinajstić information content (AvgIpc) is 2.59. The molecular weight excluding hydrogens is 268 g/mol. The van der Waals surface area contributed by atoms with Crippen molar-refractivity contribution in [2.75, 3.05) is 6.61 Å². The third-order valence-corrected chi connectivity index (χ3v) is 3.15. The van der Waals surface area contributed by atoms with Crippen LogP contribution in [0.1, 0.15) is 45.9 Å². The number of ether oxygens (including phenoxy) is 1. The Morgan fingerprint density at radius 2 is 2.12 bits per heavy atom. The highest BCUT2D eigenvalue weighted by molar-refractivity contribution is 9.10. The van der Waals surface area contributed by atoms with E-state index in [2.05, 4.69) is 48.7 Å². The Bertz CT molecular complexity index is 323. The van der Waals surface area contributed by atoms with E-state index in [1.165, 1.54) is 0 Å². The summed E-state index contributed by atoms with van der Waals surface area (Å²) >= 11 is 3.52. The van der Waals surface area contributed by atoms with Gasteiger partial charge in [0.2, 0.25) is 0 Å². The number of rotatable bonds is 6. The summed E-state index contributed by atoms with van der Waals surface area (Å²) in [6, 6.07) is 0.440. The Morgan fingerprint density at radius 3 is 2.69 bits per heavy atom. The first kappa shape index (κ1) is 13.7. The van der Waals surface area contributed by atoms with Crippen LogP contribution in [0.3, 0.4) is 0 Å². The van der Waals surface area contributed by atoms with Crippen LogP contribution in [0.5, 0.6) is 0 Å². The van der Waals surface area contributed by atoms with Gasteiger partial charge in [0.15, 0.2) is 0 Å². The van der Waals surface area contributed by atoms with Crippen molar-refractivity contribution in [2.24, 2.45) is 5.92 Å². The molecule has 0 saturated carbocycles. The van der Waals surface area contributed by atoms with Crippen LogP contribution in [-0.4, -0.2) is 16.4 Å². The van der Waals surface area contributed by atoms with E-state index in [1.54, 1.807) is 0 Å². The maximum Gasteiger partial charge on any atom is 0.102 e. The average molecular weight is 289 g/mol. The topological polar surface area (TPSA) is 27.1 Å². The van der Waals surface area contributed by atoms with Crippen LogP contribution >= 0.6 is 15.9 Å². The SMILES string of the molecule is CCC(C)n1cc(Br)c(COCC(C)C)n1. The Labute approximate surface area is 106 Å². The molecule has 0 radical (unpaired) electrons. The molecule has 0 amide bonds. The smallest absolute Gasteiger partial charge is 0.102 e. The van der Waals surface area contributed by atoms with E-state index >= 15 is 0 Å². The molecule has 1 rings (SSSR count). The molecule has 0 N–H and O–H groups in total. The largest absolute Gasteiger partial charge is 0.375 e. The van der Waals surface area contributed by atoms with Gasteiger partial charge in [-0.25, -0.2) is 0 Å². The van der Waals surface area contributed by atoms with E-state index in [0.717, 1.165) is 23.2 Å². The lowest BCUT2D eigenvalue weighted by molar-refractivity contribution is 0.0939. The zero-order valence-corrected chi connectivity index (χ0v) is 12.1. The second-order valence-corrected chi connectivity index (χ2v) is 5.42. The molecule has 1 heterocycles. The van der Waals surface area contributed by atoms with Crippen molar-refractivity contribution in [3.63, 3.8) is 0 Å². The fourth-order valence-electron chi connectivity index (χ4n) is 1.31. The number of halogens is 1. The van der Waals surface area contributed by atoms with Crippen molar-refractivity contribution >= 4 is 15.9 Å². The molecule has 0 aliphatic carbocycles. The molecule has 1 aromatic heterocycles. The molecule has 16 heavy (non-hydrogen) atoms. The highest BCUT2D eigenvalue weighted by atomic mass is 79.9. The lowest BCUT2D eigenvalue weighted by Crippen LogP contribution is -2.06. The van der Waals surface area contributed by atoms with Gasteiger partial charge in [-0.2, -0.15) is 5.10 Å². The van der Waals surface area contributed by atoms with Crippen molar-refractivity contribution in [3.8, 4) is 0 Å². The summed E-state index contributed by atoms with van der Waals surface area (Å²) in [5.41, 5.74) is 0.987. The monoisotopic (exact) mass is 288 g/mol. The number of nitrogens with zero attached hydrogens (tertiary/aromatic N) is 2. The molecule has 4 heteroatoms. The third-order valence-electron chi connectivity index (χ3n) is 2.49. The predicted octanol–water partition coefficient (Wildman–Crippen LogP) is 3.79. The minimum atomic E-state index is 0.440. The van der Waals surface area contributed by atoms with Crippen molar-refractivity contribution in [1.29, 1.82) is 0 Å². The molecule has 1 atom stereocenters. The Kier molecular flexibility index (Phi) is 5.49. The summed E-state index contributed by atoms with van der Waals surface area (Å²) in [7, 11) is 0. The van der Waals surface area contributed by atoms with E-state index in [4.69, 9.17) is 4.74 Å². The van der Waals surface area contributed by atoms with Gasteiger partial charge in [-0.3, -0.25) is 4.68 Å². The Balaban J connectivity index is 2.56. The molecule has 0 spiro atoms. The molecule has 1 aromatic rings. The zero-order chi connectivity index (χ0) is 12.1. The third kappa shape index (κ3) is 3.91. The van der Waals surface area contributed by atoms with Crippen molar-refractivity contribution in [2.45, 2.75) is 46.8 Å². The quantitative estimate of drug-likeness (QED) is 0.796. The highest BCUT2D eigenvalue weighted by Crippen LogP contribution is 2.19. The van der Waals surface area contributed by atoms with Crippen molar-refractivity contribution in [1.82, 2.24) is 9.78 Å². The van der Waals surface area contributed by atoms with Crippen LogP contribution in [-0.2, 0) is 11.3 Å². The summed E-state index contributed by atoms with van der Waals surface area (Å²) in [6.07, 6.45) is 3.11. The minimum absolute atomic E-state index is 0.440. The maximum atomic E-state index is 5.58. The van der Waals surface area contributed by atoms with Gasteiger partial charge in [-0.1, -0.05) is 20.8 Å². The lowest BCUT2D eigenvalue weighted by Gasteiger charge is -2.08. The van der Waals surface area contributed by atoms with Crippen molar-refractivity contribution in [3.05, 3.63) is 16.4 Å². The standard InChI is InChI=1S/C12H21BrN2O/c1-5-10(4)15-6-11(13)12(14-15)8-16-7-9(2)3/h6,9-10H,5,7-8H2,1-4H3. The van der Waals surface area contributed by atoms with Gasteiger partial charge in [0.25, 0.3) is 0 Å². The van der Waals surface area contributed by atoms with Crippen LogP contribution in [0.25, 0.3) is 0 Å². The maximum absolute atomic E-state index is 5.58. The second-order valence-electron chi connectivity index (χ2n) is 4.57. The summed E-state index contributed by atoms with van der Waals surface area (Å²) in [6.45, 7) is 9.98. The predicted molar refractivity (Wildman–Crippen MR) is 69.4 cm³/mol. The van der Waals surface area contributed by atoms with E-state index in [0.29, 0.717) is 18.6 Å². The molecule has 0 bridgehead atoms. The Hall–Kier alpha value is -0.350. The molecule has 0 aliphatic heterocycles. The first-order valence-electron chi connectivity index (χ1n) is 5.85. The summed E-state index contributed by atoms with van der Waals surface area (Å²) in [5, 5.41) is 4.52. The van der Waals surface area contributed by atoms with Gasteiger partial charge in [0.05, 0.1) is 11.1 Å². The van der Waals surface area contributed by atoms with Gasteiger partial charge in [0.1, 0.15) is 5.69 Å². The second kappa shape index (κ2) is 6.40. The number of hydrogen-bond donors (Lipinski definition) is 0. The van der Waals surface area contributed by atoms with Gasteiger partial charge >= 0.3 is 0 Å². The Morgan fingerprint density at radius 1 is 1.44 bits per heavy atom. The minimum Gasteiger partial charge on any atom is -0.375 e. The van der Waals surface area contributed by atoms with Crippen LogP contribution in [0.2, 0.25) is 0 Å². The van der Waals surface area contributed by atoms with E-state index < -0.39 is 0 Å². The molecule has 92 valence electrons. The molecular formula is C12H21BrN2O. The van der Waals surface area contributed by atoms with Gasteiger partial charge in [-0.15, -0.1) is 0 Å². The number of aromatic nitrogens is 2. The van der Waals surface area contributed by atoms with Crippen LogP contribution in [0.15, 0.2) is 10.7 Å². The number of hydrogen-bond acceptors (Lipinski definition) is 2. The van der Waals surface area contributed by atoms with Crippen molar-refractivity contribution < 1.29 is 4.74 Å². The normalized spacial score (nSPS) is 13.4. The van der Waals surface area contributed by atoms with E-state index in [9.17, 15) is 0 Å². The van der Waals surface area contributed by atoms with Gasteiger partial charge in [0, 0.05) is 18.8 Å². The summed E-state index contributed by atoms with van der Waals surface area (Å²) < 4.78 is 8.62. The van der Waals surface area contributed by atoms with Crippen LogP contribution in [0.4, 0.5) is 0 Å². The summed E-state index contributed by atoms with van der Waals surface area (Å²) in [5.74, 6) is 0.565. The summed E-state index contributed by atoms with van der Waals surface area (Å²) in [4.78, 5) is 0. The first-order chi connectivity index (χ1) is 7.54. The molecule has 3 nitrogen and oxygen atoms in total. The molecule has 0 saturated heterocycles. The van der Waals surface area contributed by atoms with Gasteiger partial charge < -0.3 is 4.74 Å². The zero-order valence-electron chi connectivity index (χ0n) is 10.5. The molecule has 0 fully saturated rings. The van der Waals surface area contributed by atoms with E-state index in [1.807, 2.05) is 10.9 Å². The van der Waals surface area contributed by atoms with E-state index in [-0.39, 0.29) is 0 Å². The fourth-order valence-corrected chi connectivity index (χ4v) is 1.71. The van der Waals surface area contributed by atoms with Crippen LogP contribution < -0.4 is 0 Å². The van der Waals surface area contributed by atoms with Gasteiger partial charge in [-0.05, 0) is 35.2 Å². The lowest BCUT2D eigenvalue weighted by atomic mass is 10.2. The molecule has 1 unspecified atom stereocenters. The van der Waals surface area contributed by atoms with Crippen LogP contribution in [0, 0.1) is 5.92 Å².